The fourth-order valence-electron chi connectivity index (χ4n) is 2.36. The van der Waals surface area contributed by atoms with Crippen LogP contribution < -0.4 is 5.32 Å². The van der Waals surface area contributed by atoms with Crippen molar-refractivity contribution in [3.05, 3.63) is 69.1 Å². The summed E-state index contributed by atoms with van der Waals surface area (Å²) in [5.74, 6) is 0.535. The lowest BCUT2D eigenvalue weighted by Crippen LogP contribution is -2.13. The number of rotatable bonds is 3. The second-order valence-corrected chi connectivity index (χ2v) is 7.14. The molecule has 0 radical (unpaired) electrons. The zero-order valence-corrected chi connectivity index (χ0v) is 15.3. The number of thiazole rings is 1. The Balaban J connectivity index is 1.58. The van der Waals surface area contributed by atoms with Gasteiger partial charge in [0.15, 0.2) is 10.9 Å². The van der Waals surface area contributed by atoms with E-state index in [1.54, 1.807) is 6.07 Å². The predicted octanol–water partition coefficient (Wildman–Crippen LogP) is 5.41. The molecule has 1 N–H and O–H groups in total. The lowest BCUT2D eigenvalue weighted by molar-refractivity contribution is 0.102. The number of aromatic nitrogens is 1. The summed E-state index contributed by atoms with van der Waals surface area (Å²) >= 11 is 3.53. The molecule has 1 amide bonds. The molecule has 0 spiro atoms. The summed E-state index contributed by atoms with van der Waals surface area (Å²) in [5.41, 5.74) is 2.18. The second-order valence-electron chi connectivity index (χ2n) is 5.12. The number of hydrogen-bond donors (Lipinski definition) is 1. The highest BCUT2D eigenvalue weighted by molar-refractivity contribution is 14.1. The summed E-state index contributed by atoms with van der Waals surface area (Å²) in [4.78, 5) is 16.8. The first-order chi connectivity index (χ1) is 11.7. The second kappa shape index (κ2) is 6.37. The average molecular weight is 446 g/mol. The Bertz CT molecular complexity index is 1010. The number of para-hydroxylation sites is 1. The van der Waals surface area contributed by atoms with E-state index in [4.69, 9.17) is 4.42 Å². The number of carbonyl (C=O) groups is 1. The van der Waals surface area contributed by atoms with Crippen LogP contribution in [-0.2, 0) is 0 Å². The molecule has 0 fully saturated rings. The first-order valence-electron chi connectivity index (χ1n) is 7.21. The molecule has 0 saturated carbocycles. The minimum Gasteiger partial charge on any atom is -0.454 e. The molecule has 24 heavy (non-hydrogen) atoms. The van der Waals surface area contributed by atoms with Crippen LogP contribution in [0.25, 0.3) is 22.4 Å². The number of nitrogens with one attached hydrogen (secondary N) is 1. The molecule has 118 valence electrons. The highest BCUT2D eigenvalue weighted by Crippen LogP contribution is 2.30. The van der Waals surface area contributed by atoms with Gasteiger partial charge in [0.25, 0.3) is 5.91 Å². The Morgan fingerprint density at radius 1 is 1.12 bits per heavy atom. The number of furan rings is 1. The van der Waals surface area contributed by atoms with Crippen LogP contribution >= 0.6 is 33.9 Å². The van der Waals surface area contributed by atoms with Gasteiger partial charge >= 0.3 is 0 Å². The molecule has 4 nitrogen and oxygen atoms in total. The molecular weight excluding hydrogens is 435 g/mol. The molecule has 0 atom stereocenters. The van der Waals surface area contributed by atoms with Crippen LogP contribution in [0.3, 0.4) is 0 Å². The normalized spacial score (nSPS) is 10.9. The highest BCUT2D eigenvalue weighted by atomic mass is 127. The van der Waals surface area contributed by atoms with Crippen molar-refractivity contribution in [3.63, 3.8) is 0 Å². The maximum Gasteiger partial charge on any atom is 0.258 e. The molecule has 0 bridgehead atoms. The van der Waals surface area contributed by atoms with Crippen molar-refractivity contribution < 1.29 is 9.21 Å². The molecule has 2 heterocycles. The minimum atomic E-state index is -0.162. The van der Waals surface area contributed by atoms with E-state index >= 15 is 0 Å². The molecular formula is C18H11IN2O2S. The van der Waals surface area contributed by atoms with Gasteiger partial charge in [-0.1, -0.05) is 30.3 Å². The van der Waals surface area contributed by atoms with Crippen LogP contribution in [-0.4, -0.2) is 10.9 Å². The number of halogens is 1. The lowest BCUT2D eigenvalue weighted by Gasteiger charge is -2.03. The number of anilines is 1. The molecule has 0 unspecified atom stereocenters. The van der Waals surface area contributed by atoms with E-state index in [0.717, 1.165) is 14.5 Å². The van der Waals surface area contributed by atoms with Crippen LogP contribution in [0.1, 0.15) is 10.4 Å². The maximum absolute atomic E-state index is 12.3. The molecule has 2 aromatic carbocycles. The SMILES string of the molecule is O=C(Nc1nc(-c2cc3ccccc3o2)cs1)c1ccccc1I. The molecule has 0 aliphatic carbocycles. The Morgan fingerprint density at radius 2 is 1.92 bits per heavy atom. The Hall–Kier alpha value is -2.19. The monoisotopic (exact) mass is 446 g/mol. The van der Waals surface area contributed by atoms with Crippen LogP contribution in [0.5, 0.6) is 0 Å². The molecule has 4 rings (SSSR count). The fraction of sp³-hybridized carbons (Fsp3) is 0. The fourth-order valence-corrected chi connectivity index (χ4v) is 3.69. The topological polar surface area (TPSA) is 55.1 Å². The predicted molar refractivity (Wildman–Crippen MR) is 104 cm³/mol. The van der Waals surface area contributed by atoms with E-state index in [2.05, 4.69) is 32.9 Å². The molecule has 6 heteroatoms. The summed E-state index contributed by atoms with van der Waals surface area (Å²) in [6.07, 6.45) is 0. The third kappa shape index (κ3) is 2.94. The summed E-state index contributed by atoms with van der Waals surface area (Å²) in [5, 5.41) is 6.31. The van der Waals surface area contributed by atoms with Gasteiger partial charge in [0.1, 0.15) is 11.3 Å². The van der Waals surface area contributed by atoms with Gasteiger partial charge in [0.05, 0.1) is 5.56 Å². The molecule has 0 aliphatic rings. The Labute approximate surface area is 155 Å². The van der Waals surface area contributed by atoms with Crippen molar-refractivity contribution in [1.29, 1.82) is 0 Å². The summed E-state index contributed by atoms with van der Waals surface area (Å²) in [7, 11) is 0. The number of nitrogens with zero attached hydrogens (tertiary/aromatic N) is 1. The van der Waals surface area contributed by atoms with Crippen molar-refractivity contribution in [1.82, 2.24) is 4.98 Å². The van der Waals surface area contributed by atoms with Crippen molar-refractivity contribution in [2.45, 2.75) is 0 Å². The van der Waals surface area contributed by atoms with E-state index in [9.17, 15) is 4.79 Å². The third-order valence-electron chi connectivity index (χ3n) is 3.52. The highest BCUT2D eigenvalue weighted by Gasteiger charge is 2.14. The van der Waals surface area contributed by atoms with Crippen LogP contribution in [0, 0.1) is 3.57 Å². The first kappa shape index (κ1) is 15.3. The quantitative estimate of drug-likeness (QED) is 0.428. The lowest BCUT2D eigenvalue weighted by atomic mass is 10.2. The zero-order chi connectivity index (χ0) is 16.5. The first-order valence-corrected chi connectivity index (χ1v) is 9.17. The third-order valence-corrected chi connectivity index (χ3v) is 5.22. The number of carbonyl (C=O) groups excluding carboxylic acids is 1. The van der Waals surface area contributed by atoms with Crippen LogP contribution in [0.2, 0.25) is 0 Å². The summed E-state index contributed by atoms with van der Waals surface area (Å²) < 4.78 is 6.71. The average Bonchev–Trinajstić information content (AvgIpc) is 3.21. The van der Waals surface area contributed by atoms with E-state index in [-0.39, 0.29) is 5.91 Å². The van der Waals surface area contributed by atoms with Gasteiger partial charge < -0.3 is 4.42 Å². The smallest absolute Gasteiger partial charge is 0.258 e. The number of hydrogen-bond acceptors (Lipinski definition) is 4. The van der Waals surface area contributed by atoms with E-state index in [1.807, 2.05) is 53.9 Å². The van der Waals surface area contributed by atoms with Gasteiger partial charge in [-0.3, -0.25) is 10.1 Å². The number of amides is 1. The van der Waals surface area contributed by atoms with E-state index < -0.39 is 0 Å². The largest absolute Gasteiger partial charge is 0.454 e. The molecule has 0 saturated heterocycles. The number of fused-ring (bicyclic) bond motifs is 1. The van der Waals surface area contributed by atoms with E-state index in [1.165, 1.54) is 11.3 Å². The van der Waals surface area contributed by atoms with Crippen molar-refractivity contribution in [2.75, 3.05) is 5.32 Å². The van der Waals surface area contributed by atoms with Crippen LogP contribution in [0.15, 0.2) is 64.4 Å². The Kier molecular flexibility index (Phi) is 4.07. The van der Waals surface area contributed by atoms with Crippen molar-refractivity contribution >= 4 is 55.9 Å². The molecule has 4 aromatic rings. The van der Waals surface area contributed by atoms with Gasteiger partial charge in [-0.25, -0.2) is 4.98 Å². The van der Waals surface area contributed by atoms with Crippen LogP contribution in [0.4, 0.5) is 5.13 Å². The maximum atomic E-state index is 12.3. The number of benzene rings is 2. The minimum absolute atomic E-state index is 0.162. The van der Waals surface area contributed by atoms with Gasteiger partial charge in [-0.15, -0.1) is 11.3 Å². The van der Waals surface area contributed by atoms with E-state index in [0.29, 0.717) is 22.1 Å². The zero-order valence-electron chi connectivity index (χ0n) is 12.3. The Morgan fingerprint density at radius 3 is 2.75 bits per heavy atom. The molecule has 2 aromatic heterocycles. The van der Waals surface area contributed by atoms with Crippen molar-refractivity contribution in [2.24, 2.45) is 0 Å². The van der Waals surface area contributed by atoms with Gasteiger partial charge in [0, 0.05) is 14.3 Å². The summed E-state index contributed by atoms with van der Waals surface area (Å²) in [6, 6.07) is 17.2. The van der Waals surface area contributed by atoms with Gasteiger partial charge in [-0.2, -0.15) is 0 Å². The van der Waals surface area contributed by atoms with Gasteiger partial charge in [0.2, 0.25) is 0 Å². The summed E-state index contributed by atoms with van der Waals surface area (Å²) in [6.45, 7) is 0. The van der Waals surface area contributed by atoms with Gasteiger partial charge in [-0.05, 0) is 46.9 Å². The standard InChI is InChI=1S/C18H11IN2O2S/c19-13-7-3-2-6-12(13)17(22)21-18-20-14(10-24-18)16-9-11-5-1-4-8-15(11)23-16/h1-10H,(H,20,21,22). The molecule has 0 aliphatic heterocycles. The van der Waals surface area contributed by atoms with Crippen molar-refractivity contribution in [3.8, 4) is 11.5 Å².